The summed E-state index contributed by atoms with van der Waals surface area (Å²) in [4.78, 5) is 8.18. The minimum Gasteiger partial charge on any atom is -0.461 e. The molecule has 66 valence electrons. The lowest BCUT2D eigenvalue weighted by Gasteiger charge is -1.99. The summed E-state index contributed by atoms with van der Waals surface area (Å²) in [6.07, 6.45) is 3.26. The topological polar surface area (TPSA) is 64.9 Å². The van der Waals surface area contributed by atoms with Crippen LogP contribution >= 0.6 is 0 Å². The Balaban J connectivity index is 2.49. The summed E-state index contributed by atoms with van der Waals surface area (Å²) < 4.78 is 5.13. The van der Waals surface area contributed by atoms with E-state index < -0.39 is 0 Å². The van der Waals surface area contributed by atoms with Gasteiger partial charge in [0, 0.05) is 11.8 Å². The molecule has 0 amide bonds. The van der Waals surface area contributed by atoms with Crippen molar-refractivity contribution < 1.29 is 4.42 Å². The summed E-state index contributed by atoms with van der Waals surface area (Å²) in [5, 5.41) is 0. The van der Waals surface area contributed by atoms with E-state index in [2.05, 4.69) is 9.97 Å². The molecule has 13 heavy (non-hydrogen) atoms. The smallest absolute Gasteiger partial charge is 0.197 e. The van der Waals surface area contributed by atoms with E-state index >= 15 is 0 Å². The molecule has 2 aromatic rings. The normalized spacial score (nSPS) is 10.2. The molecule has 0 atom stereocenters. The second-order valence-electron chi connectivity index (χ2n) is 2.74. The summed E-state index contributed by atoms with van der Waals surface area (Å²) in [5.74, 6) is 1.64. The molecule has 0 bridgehead atoms. The van der Waals surface area contributed by atoms with Crippen molar-refractivity contribution in [2.24, 2.45) is 0 Å². The van der Waals surface area contributed by atoms with Crippen molar-refractivity contribution in [2.45, 2.75) is 6.92 Å². The number of hydrogen-bond donors (Lipinski definition) is 1. The molecule has 0 aromatic carbocycles. The Kier molecular flexibility index (Phi) is 1.73. The molecular weight excluding hydrogens is 166 g/mol. The van der Waals surface area contributed by atoms with Crippen molar-refractivity contribution in [3.63, 3.8) is 0 Å². The molecule has 2 heterocycles. The predicted octanol–water partition coefficient (Wildman–Crippen LogP) is 1.63. The lowest BCUT2D eigenvalue weighted by atomic mass is 10.3. The van der Waals surface area contributed by atoms with Gasteiger partial charge in [-0.05, 0) is 19.1 Å². The molecule has 0 fully saturated rings. The average molecular weight is 175 g/mol. The van der Waals surface area contributed by atoms with Gasteiger partial charge in [-0.15, -0.1) is 0 Å². The van der Waals surface area contributed by atoms with Gasteiger partial charge in [-0.2, -0.15) is 0 Å². The quantitative estimate of drug-likeness (QED) is 0.715. The molecule has 2 rings (SSSR count). The molecule has 0 saturated carbocycles. The van der Waals surface area contributed by atoms with Crippen LogP contribution in [0.15, 0.2) is 29.0 Å². The number of aryl methyl sites for hydroxylation is 1. The summed E-state index contributed by atoms with van der Waals surface area (Å²) in [6.45, 7) is 1.86. The van der Waals surface area contributed by atoms with Crippen molar-refractivity contribution >= 4 is 5.82 Å². The fourth-order valence-electron chi connectivity index (χ4n) is 0.980. The molecule has 0 aliphatic heterocycles. The number of hydrogen-bond acceptors (Lipinski definition) is 4. The first-order chi connectivity index (χ1) is 6.27. The Hall–Kier alpha value is -1.84. The van der Waals surface area contributed by atoms with E-state index in [1.165, 1.54) is 0 Å². The van der Waals surface area contributed by atoms with Gasteiger partial charge in [0.1, 0.15) is 5.82 Å². The summed E-state index contributed by atoms with van der Waals surface area (Å²) in [6, 6.07) is 3.58. The highest BCUT2D eigenvalue weighted by atomic mass is 16.3. The molecule has 0 radical (unpaired) electrons. The third-order valence-corrected chi connectivity index (χ3v) is 1.75. The van der Waals surface area contributed by atoms with Gasteiger partial charge in [0.05, 0.1) is 6.26 Å². The Morgan fingerprint density at radius 2 is 2.31 bits per heavy atom. The summed E-state index contributed by atoms with van der Waals surface area (Å²) >= 11 is 0. The molecule has 2 N–H and O–H groups in total. The molecule has 4 heteroatoms. The first-order valence-corrected chi connectivity index (χ1v) is 3.90. The highest BCUT2D eigenvalue weighted by Gasteiger charge is 2.04. The van der Waals surface area contributed by atoms with Gasteiger partial charge < -0.3 is 10.2 Å². The zero-order chi connectivity index (χ0) is 9.26. The highest BCUT2D eigenvalue weighted by Crippen LogP contribution is 2.16. The number of nitrogens with two attached hydrogens (primary N) is 1. The Morgan fingerprint density at radius 3 is 2.92 bits per heavy atom. The fraction of sp³-hybridized carbons (Fsp3) is 0.111. The van der Waals surface area contributed by atoms with Gasteiger partial charge in [-0.1, -0.05) is 0 Å². The van der Waals surface area contributed by atoms with Gasteiger partial charge in [0.25, 0.3) is 0 Å². The van der Waals surface area contributed by atoms with E-state index in [0.717, 1.165) is 5.56 Å². The van der Waals surface area contributed by atoms with Gasteiger partial charge in [0.15, 0.2) is 11.6 Å². The molecular formula is C9H9N3O. The van der Waals surface area contributed by atoms with Crippen LogP contribution in [0, 0.1) is 6.92 Å². The van der Waals surface area contributed by atoms with E-state index in [9.17, 15) is 0 Å². The van der Waals surface area contributed by atoms with E-state index in [1.54, 1.807) is 24.6 Å². The van der Waals surface area contributed by atoms with Gasteiger partial charge in [0.2, 0.25) is 0 Å². The molecule has 0 aliphatic rings. The maximum Gasteiger partial charge on any atom is 0.197 e. The molecule has 0 saturated heterocycles. The maximum atomic E-state index is 5.63. The Morgan fingerprint density at radius 1 is 1.46 bits per heavy atom. The van der Waals surface area contributed by atoms with Crippen LogP contribution < -0.4 is 5.73 Å². The third kappa shape index (κ3) is 1.38. The molecule has 2 aromatic heterocycles. The maximum absolute atomic E-state index is 5.63. The largest absolute Gasteiger partial charge is 0.461 e. The van der Waals surface area contributed by atoms with Crippen molar-refractivity contribution in [1.29, 1.82) is 0 Å². The number of furan rings is 1. The Labute approximate surface area is 75.4 Å². The number of nitrogens with zero attached hydrogens (tertiary/aromatic N) is 2. The monoisotopic (exact) mass is 175 g/mol. The van der Waals surface area contributed by atoms with Crippen LogP contribution in [0.1, 0.15) is 5.56 Å². The van der Waals surface area contributed by atoms with E-state index in [1.807, 2.05) is 6.92 Å². The first kappa shape index (κ1) is 7.79. The zero-order valence-corrected chi connectivity index (χ0v) is 7.19. The highest BCUT2D eigenvalue weighted by molar-refractivity contribution is 5.50. The van der Waals surface area contributed by atoms with Crippen molar-refractivity contribution in [2.75, 3.05) is 5.73 Å². The van der Waals surface area contributed by atoms with Crippen LogP contribution in [0.5, 0.6) is 0 Å². The van der Waals surface area contributed by atoms with E-state index in [4.69, 9.17) is 10.2 Å². The molecule has 0 aliphatic carbocycles. The minimum absolute atomic E-state index is 0.487. The number of anilines is 1. The van der Waals surface area contributed by atoms with Crippen LogP contribution in [-0.4, -0.2) is 9.97 Å². The number of nitrogen functional groups attached to an aromatic ring is 1. The second kappa shape index (κ2) is 2.90. The van der Waals surface area contributed by atoms with Crippen LogP contribution in [-0.2, 0) is 0 Å². The van der Waals surface area contributed by atoms with E-state index in [0.29, 0.717) is 17.4 Å². The van der Waals surface area contributed by atoms with Gasteiger partial charge >= 0.3 is 0 Å². The average Bonchev–Trinajstić information content (AvgIpc) is 2.62. The molecule has 4 nitrogen and oxygen atoms in total. The number of aromatic nitrogens is 2. The van der Waals surface area contributed by atoms with Gasteiger partial charge in [-0.3, -0.25) is 0 Å². The molecule has 0 spiro atoms. The first-order valence-electron chi connectivity index (χ1n) is 3.90. The summed E-state index contributed by atoms with van der Waals surface area (Å²) in [7, 11) is 0. The van der Waals surface area contributed by atoms with Crippen LogP contribution in [0.3, 0.4) is 0 Å². The van der Waals surface area contributed by atoms with Crippen LogP contribution in [0.25, 0.3) is 11.6 Å². The zero-order valence-electron chi connectivity index (χ0n) is 7.19. The second-order valence-corrected chi connectivity index (χ2v) is 2.74. The lowest BCUT2D eigenvalue weighted by molar-refractivity contribution is 0.577. The van der Waals surface area contributed by atoms with Gasteiger partial charge in [-0.25, -0.2) is 9.97 Å². The standard InChI is InChI=1S/C9H9N3O/c1-6-5-11-9(12-8(6)10)7-3-2-4-13-7/h2-5H,1H3,(H2,10,11,12). The lowest BCUT2D eigenvalue weighted by Crippen LogP contribution is -1.97. The third-order valence-electron chi connectivity index (χ3n) is 1.75. The van der Waals surface area contributed by atoms with Crippen LogP contribution in [0.2, 0.25) is 0 Å². The number of rotatable bonds is 1. The van der Waals surface area contributed by atoms with E-state index in [-0.39, 0.29) is 0 Å². The fourth-order valence-corrected chi connectivity index (χ4v) is 0.980. The van der Waals surface area contributed by atoms with Crippen LogP contribution in [0.4, 0.5) is 5.82 Å². The Bertz CT molecular complexity index is 409. The molecule has 0 unspecified atom stereocenters. The van der Waals surface area contributed by atoms with Crippen molar-refractivity contribution in [3.05, 3.63) is 30.2 Å². The predicted molar refractivity (Wildman–Crippen MR) is 48.9 cm³/mol. The summed E-state index contributed by atoms with van der Waals surface area (Å²) in [5.41, 5.74) is 6.50. The van der Waals surface area contributed by atoms with Crippen molar-refractivity contribution in [3.8, 4) is 11.6 Å². The SMILES string of the molecule is Cc1cnc(-c2ccco2)nc1N. The minimum atomic E-state index is 0.487. The van der Waals surface area contributed by atoms with Crippen molar-refractivity contribution in [1.82, 2.24) is 9.97 Å².